The number of rotatable bonds is 5. The van der Waals surface area contributed by atoms with Gasteiger partial charge in [0.2, 0.25) is 0 Å². The Labute approximate surface area is 251 Å². The SMILES string of the molecule is c1ccc(-c2ccc3c(c2)c2ccccc2n3-c2cccc(C3NC(c4ccccc4)N4C(c5ccccc5)N34)c2)cc1. The minimum atomic E-state index is 0.0631. The van der Waals surface area contributed by atoms with Crippen LogP contribution in [0.4, 0.5) is 0 Å². The fourth-order valence-corrected chi connectivity index (χ4v) is 7.01. The van der Waals surface area contributed by atoms with Gasteiger partial charge in [-0.2, -0.15) is 10.0 Å². The number of hydrazine groups is 1. The Bertz CT molecular complexity index is 2080. The Morgan fingerprint density at radius 3 is 1.79 bits per heavy atom. The molecule has 0 bridgehead atoms. The van der Waals surface area contributed by atoms with Gasteiger partial charge in [-0.05, 0) is 58.1 Å². The molecule has 2 saturated heterocycles. The highest BCUT2D eigenvalue weighted by atomic mass is 15.9. The smallest absolute Gasteiger partial charge is 0.119 e. The van der Waals surface area contributed by atoms with Crippen molar-refractivity contribution in [3.05, 3.63) is 174 Å². The lowest BCUT2D eigenvalue weighted by atomic mass is 10.0. The molecule has 0 radical (unpaired) electrons. The van der Waals surface area contributed by atoms with Crippen LogP contribution in [0.3, 0.4) is 0 Å². The molecule has 7 aromatic rings. The first-order valence-corrected chi connectivity index (χ1v) is 15.0. The molecular weight excluding hydrogens is 524 g/mol. The molecule has 5 unspecified atom stereocenters. The average Bonchev–Trinajstić information content (AvgIpc) is 3.54. The largest absolute Gasteiger partial charge is 0.309 e. The number of nitrogens with zero attached hydrogens (tertiary/aromatic N) is 3. The second kappa shape index (κ2) is 9.79. The van der Waals surface area contributed by atoms with E-state index >= 15 is 0 Å². The topological polar surface area (TPSA) is 23.0 Å². The molecule has 9 rings (SSSR count). The molecule has 0 amide bonds. The molecule has 0 spiro atoms. The summed E-state index contributed by atoms with van der Waals surface area (Å²) in [5.41, 5.74) is 9.94. The van der Waals surface area contributed by atoms with Crippen LogP contribution in [0.15, 0.2) is 158 Å². The lowest BCUT2D eigenvalue weighted by Crippen LogP contribution is -2.27. The minimum Gasteiger partial charge on any atom is -0.309 e. The molecule has 2 aliphatic heterocycles. The van der Waals surface area contributed by atoms with E-state index in [1.165, 1.54) is 55.3 Å². The number of benzene rings is 6. The predicted molar refractivity (Wildman–Crippen MR) is 174 cm³/mol. The van der Waals surface area contributed by atoms with E-state index in [1.807, 2.05) is 0 Å². The van der Waals surface area contributed by atoms with Gasteiger partial charge in [-0.1, -0.05) is 127 Å². The maximum absolute atomic E-state index is 3.94. The summed E-state index contributed by atoms with van der Waals surface area (Å²) in [6.45, 7) is 0. The Hall–Kier alpha value is -5.00. The van der Waals surface area contributed by atoms with Crippen LogP contribution in [0.1, 0.15) is 35.2 Å². The van der Waals surface area contributed by atoms with E-state index in [0.717, 1.165) is 0 Å². The normalized spacial score (nSPS) is 22.6. The molecule has 5 atom stereocenters. The number of aromatic nitrogens is 1. The van der Waals surface area contributed by atoms with Gasteiger partial charge >= 0.3 is 0 Å². The van der Waals surface area contributed by atoms with Crippen molar-refractivity contribution >= 4 is 21.8 Å². The van der Waals surface area contributed by atoms with Crippen molar-refractivity contribution in [2.24, 2.45) is 0 Å². The van der Waals surface area contributed by atoms with Crippen LogP contribution in [-0.2, 0) is 0 Å². The van der Waals surface area contributed by atoms with Crippen molar-refractivity contribution in [1.82, 2.24) is 19.9 Å². The van der Waals surface area contributed by atoms with Crippen molar-refractivity contribution < 1.29 is 0 Å². The van der Waals surface area contributed by atoms with Gasteiger partial charge in [0.05, 0.1) is 11.0 Å². The average molecular weight is 555 g/mol. The monoisotopic (exact) mass is 554 g/mol. The second-order valence-corrected chi connectivity index (χ2v) is 11.5. The predicted octanol–water partition coefficient (Wildman–Crippen LogP) is 8.98. The highest BCUT2D eigenvalue weighted by molar-refractivity contribution is 6.10. The van der Waals surface area contributed by atoms with Crippen LogP contribution in [0.25, 0.3) is 38.6 Å². The van der Waals surface area contributed by atoms with Gasteiger partial charge in [-0.15, -0.1) is 0 Å². The summed E-state index contributed by atoms with van der Waals surface area (Å²) in [5.74, 6) is 0. The van der Waals surface area contributed by atoms with Gasteiger partial charge < -0.3 is 4.57 Å². The Kier molecular flexibility index (Phi) is 5.60. The first kappa shape index (κ1) is 24.6. The third-order valence-electron chi connectivity index (χ3n) is 9.00. The summed E-state index contributed by atoms with van der Waals surface area (Å²) in [6.07, 6.45) is 0.420. The van der Waals surface area contributed by atoms with Gasteiger partial charge in [-0.3, -0.25) is 5.32 Å². The van der Waals surface area contributed by atoms with Gasteiger partial charge in [0.1, 0.15) is 18.5 Å². The minimum absolute atomic E-state index is 0.0631. The molecule has 2 fully saturated rings. The zero-order chi connectivity index (χ0) is 28.3. The lowest BCUT2D eigenvalue weighted by molar-refractivity contribution is 0.314. The molecule has 3 heterocycles. The highest BCUT2D eigenvalue weighted by Gasteiger charge is 2.60. The maximum atomic E-state index is 3.94. The van der Waals surface area contributed by atoms with E-state index in [1.54, 1.807) is 0 Å². The van der Waals surface area contributed by atoms with Crippen molar-refractivity contribution in [3.63, 3.8) is 0 Å². The fourth-order valence-electron chi connectivity index (χ4n) is 7.01. The summed E-state index contributed by atoms with van der Waals surface area (Å²) in [7, 11) is 0. The van der Waals surface area contributed by atoms with E-state index in [4.69, 9.17) is 0 Å². The zero-order valence-corrected chi connectivity index (χ0v) is 23.6. The molecule has 43 heavy (non-hydrogen) atoms. The van der Waals surface area contributed by atoms with E-state index in [0.29, 0.717) is 0 Å². The molecule has 1 aromatic heterocycles. The third-order valence-corrected chi connectivity index (χ3v) is 9.00. The number of hydrogen-bond donors (Lipinski definition) is 1. The molecule has 4 heteroatoms. The maximum Gasteiger partial charge on any atom is 0.119 e. The van der Waals surface area contributed by atoms with Crippen LogP contribution >= 0.6 is 0 Å². The third kappa shape index (κ3) is 3.96. The summed E-state index contributed by atoms with van der Waals surface area (Å²) in [4.78, 5) is 0. The van der Waals surface area contributed by atoms with Crippen molar-refractivity contribution in [2.75, 3.05) is 0 Å². The zero-order valence-electron chi connectivity index (χ0n) is 23.6. The van der Waals surface area contributed by atoms with Gasteiger partial charge in [-0.25, -0.2) is 0 Å². The molecule has 206 valence electrons. The standard InChI is InChI=1S/C39H30N4/c1-4-13-27(14-5-1)30-23-24-36-34(26-30)33-21-10-11-22-35(33)41(36)32-20-12-19-31(25-32)38-40-37(28-15-6-2-7-16-28)42-39(43(38)42)29-17-8-3-9-18-29/h1-26,37-40H. The Balaban J connectivity index is 1.15. The molecule has 1 N–H and O–H groups in total. The first-order valence-electron chi connectivity index (χ1n) is 15.0. The number of nitrogens with one attached hydrogen (secondary N) is 1. The van der Waals surface area contributed by atoms with Crippen LogP contribution in [0.2, 0.25) is 0 Å². The second-order valence-electron chi connectivity index (χ2n) is 11.5. The van der Waals surface area contributed by atoms with Crippen LogP contribution in [-0.4, -0.2) is 14.6 Å². The summed E-state index contributed by atoms with van der Waals surface area (Å²) in [5, 5.41) is 11.4. The molecule has 0 aliphatic carbocycles. The van der Waals surface area contributed by atoms with Crippen molar-refractivity contribution in [3.8, 4) is 16.8 Å². The molecule has 4 nitrogen and oxygen atoms in total. The van der Waals surface area contributed by atoms with Crippen molar-refractivity contribution in [1.29, 1.82) is 0 Å². The summed E-state index contributed by atoms with van der Waals surface area (Å²) >= 11 is 0. The summed E-state index contributed by atoms with van der Waals surface area (Å²) in [6, 6.07) is 56.9. The number of fused-ring (bicyclic) bond motifs is 4. The Morgan fingerprint density at radius 1 is 0.419 bits per heavy atom. The molecule has 2 aliphatic rings. The number of hydrogen-bond acceptors (Lipinski definition) is 3. The van der Waals surface area contributed by atoms with E-state index in [9.17, 15) is 0 Å². The molecule has 0 saturated carbocycles. The summed E-state index contributed by atoms with van der Waals surface area (Å²) < 4.78 is 2.42. The molecule has 6 aromatic carbocycles. The lowest BCUT2D eigenvalue weighted by Gasteiger charge is -2.21. The highest BCUT2D eigenvalue weighted by Crippen LogP contribution is 2.57. The quantitative estimate of drug-likeness (QED) is 0.215. The van der Waals surface area contributed by atoms with Crippen LogP contribution < -0.4 is 5.32 Å². The Morgan fingerprint density at radius 2 is 1.02 bits per heavy atom. The molecular formula is C39H30N4. The van der Waals surface area contributed by atoms with E-state index in [2.05, 4.69) is 178 Å². The first-order chi connectivity index (χ1) is 21.3. The van der Waals surface area contributed by atoms with E-state index in [-0.39, 0.29) is 18.5 Å². The van der Waals surface area contributed by atoms with Gasteiger partial charge in [0, 0.05) is 16.5 Å². The fraction of sp³-hybridized carbons (Fsp3) is 0.0769. The van der Waals surface area contributed by atoms with Gasteiger partial charge in [0.25, 0.3) is 0 Å². The van der Waals surface area contributed by atoms with Crippen LogP contribution in [0, 0.1) is 0 Å². The number of para-hydroxylation sites is 1. The van der Waals surface area contributed by atoms with Gasteiger partial charge in [0.15, 0.2) is 0 Å². The van der Waals surface area contributed by atoms with Crippen molar-refractivity contribution in [2.45, 2.75) is 18.5 Å². The van der Waals surface area contributed by atoms with E-state index < -0.39 is 0 Å². The van der Waals surface area contributed by atoms with Crippen LogP contribution in [0.5, 0.6) is 0 Å².